The van der Waals surface area contributed by atoms with Crippen LogP contribution in [0.2, 0.25) is 0 Å². The first-order chi connectivity index (χ1) is 11.2. The molecular formula is C19H23N3O. The molecule has 1 amide bonds. The third kappa shape index (κ3) is 3.59. The van der Waals surface area contributed by atoms with Gasteiger partial charge >= 0.3 is 0 Å². The zero-order chi connectivity index (χ0) is 16.1. The summed E-state index contributed by atoms with van der Waals surface area (Å²) < 4.78 is 0. The zero-order valence-corrected chi connectivity index (χ0v) is 13.5. The molecule has 0 unspecified atom stereocenters. The Balaban J connectivity index is 1.57. The highest BCUT2D eigenvalue weighted by atomic mass is 16.2. The highest BCUT2D eigenvalue weighted by Gasteiger charge is 2.39. The van der Waals surface area contributed by atoms with Crippen LogP contribution >= 0.6 is 0 Å². The third-order valence-corrected chi connectivity index (χ3v) is 4.69. The fourth-order valence-corrected chi connectivity index (χ4v) is 3.10. The molecule has 2 N–H and O–H groups in total. The van der Waals surface area contributed by atoms with Gasteiger partial charge in [-0.1, -0.05) is 30.3 Å². The minimum absolute atomic E-state index is 0.0504. The molecule has 2 aromatic rings. The minimum atomic E-state index is -0.167. The summed E-state index contributed by atoms with van der Waals surface area (Å²) in [6.45, 7) is 2.37. The van der Waals surface area contributed by atoms with Crippen molar-refractivity contribution in [3.8, 4) is 0 Å². The Labute approximate surface area is 137 Å². The van der Waals surface area contributed by atoms with E-state index < -0.39 is 0 Å². The summed E-state index contributed by atoms with van der Waals surface area (Å²) in [5.74, 6) is 0.0504. The van der Waals surface area contributed by atoms with E-state index in [0.717, 1.165) is 24.8 Å². The lowest BCUT2D eigenvalue weighted by molar-refractivity contribution is -0.123. The van der Waals surface area contributed by atoms with Crippen molar-refractivity contribution in [1.29, 1.82) is 0 Å². The molecule has 3 rings (SSSR count). The summed E-state index contributed by atoms with van der Waals surface area (Å²) >= 11 is 0. The molecule has 1 fully saturated rings. The number of nitrogens with zero attached hydrogens (tertiary/aromatic N) is 1. The topological polar surface area (TPSA) is 54.0 Å². The molecule has 120 valence electrons. The van der Waals surface area contributed by atoms with Crippen molar-refractivity contribution in [1.82, 2.24) is 15.6 Å². The van der Waals surface area contributed by atoms with Crippen LogP contribution in [0.5, 0.6) is 0 Å². The van der Waals surface area contributed by atoms with Crippen molar-refractivity contribution in [2.45, 2.75) is 37.8 Å². The molecule has 1 aromatic carbocycles. The maximum Gasteiger partial charge on any atom is 0.234 e. The van der Waals surface area contributed by atoms with Gasteiger partial charge in [-0.2, -0.15) is 0 Å². The number of hydrogen-bond acceptors (Lipinski definition) is 3. The first-order valence-electron chi connectivity index (χ1n) is 8.19. The fraction of sp³-hybridized carbons (Fsp3) is 0.368. The van der Waals surface area contributed by atoms with E-state index in [9.17, 15) is 4.79 Å². The Hall–Kier alpha value is -2.20. The Morgan fingerprint density at radius 3 is 2.48 bits per heavy atom. The van der Waals surface area contributed by atoms with Gasteiger partial charge in [0.15, 0.2) is 0 Å². The summed E-state index contributed by atoms with van der Waals surface area (Å²) in [5.41, 5.74) is 2.18. The third-order valence-electron chi connectivity index (χ3n) is 4.69. The second-order valence-electron chi connectivity index (χ2n) is 6.23. The molecule has 1 aliphatic rings. The number of pyridine rings is 1. The molecule has 1 heterocycles. The van der Waals surface area contributed by atoms with E-state index >= 15 is 0 Å². The predicted molar refractivity (Wildman–Crippen MR) is 90.8 cm³/mol. The molecular weight excluding hydrogens is 286 g/mol. The molecule has 4 nitrogen and oxygen atoms in total. The van der Waals surface area contributed by atoms with Crippen LogP contribution in [-0.4, -0.2) is 17.4 Å². The van der Waals surface area contributed by atoms with Gasteiger partial charge in [-0.05, 0) is 49.4 Å². The van der Waals surface area contributed by atoms with Crippen LogP contribution in [0, 0.1) is 0 Å². The number of carbonyl (C=O) groups excluding carboxylic acids is 1. The van der Waals surface area contributed by atoms with Crippen LogP contribution < -0.4 is 10.6 Å². The van der Waals surface area contributed by atoms with E-state index in [2.05, 4.69) is 34.7 Å². The van der Waals surface area contributed by atoms with Gasteiger partial charge in [0.1, 0.15) is 0 Å². The largest absolute Gasteiger partial charge is 0.345 e. The van der Waals surface area contributed by atoms with Crippen molar-refractivity contribution in [3.63, 3.8) is 0 Å². The van der Waals surface area contributed by atoms with Gasteiger partial charge in [-0.3, -0.25) is 9.78 Å². The standard InChI is InChI=1S/C19H23N3O/c1-15(16-8-12-20-13-9-16)21-14-18(23)22-19(10-5-11-19)17-6-3-2-4-7-17/h2-4,6-9,12-13,15,21H,5,10-11,14H2,1H3,(H,22,23)/t15-/m1/s1. The molecule has 0 aliphatic heterocycles. The predicted octanol–water partition coefficient (Wildman–Crippen LogP) is 2.93. The number of amides is 1. The Kier molecular flexibility index (Phi) is 4.72. The normalized spacial score (nSPS) is 17.1. The number of nitrogens with one attached hydrogen (secondary N) is 2. The van der Waals surface area contributed by atoms with E-state index in [1.165, 1.54) is 5.56 Å². The fourth-order valence-electron chi connectivity index (χ4n) is 3.10. The van der Waals surface area contributed by atoms with Gasteiger partial charge in [0.05, 0.1) is 12.1 Å². The molecule has 4 heteroatoms. The van der Waals surface area contributed by atoms with E-state index in [4.69, 9.17) is 0 Å². The summed E-state index contributed by atoms with van der Waals surface area (Å²) in [6.07, 6.45) is 6.74. The molecule has 1 aromatic heterocycles. The van der Waals surface area contributed by atoms with Crippen molar-refractivity contribution in [2.75, 3.05) is 6.54 Å². The molecule has 0 spiro atoms. The first kappa shape index (κ1) is 15.7. The number of aromatic nitrogens is 1. The second-order valence-corrected chi connectivity index (χ2v) is 6.23. The summed E-state index contributed by atoms with van der Waals surface area (Å²) in [6, 6.07) is 14.3. The summed E-state index contributed by atoms with van der Waals surface area (Å²) in [4.78, 5) is 16.4. The second kappa shape index (κ2) is 6.92. The van der Waals surface area contributed by atoms with Gasteiger partial charge in [-0.15, -0.1) is 0 Å². The first-order valence-corrected chi connectivity index (χ1v) is 8.19. The van der Waals surface area contributed by atoms with Crippen molar-refractivity contribution in [3.05, 3.63) is 66.0 Å². The monoisotopic (exact) mass is 309 g/mol. The number of hydrogen-bond donors (Lipinski definition) is 2. The smallest absolute Gasteiger partial charge is 0.234 e. The molecule has 0 radical (unpaired) electrons. The zero-order valence-electron chi connectivity index (χ0n) is 13.5. The Morgan fingerprint density at radius 2 is 1.87 bits per heavy atom. The lowest BCUT2D eigenvalue weighted by Gasteiger charge is -2.43. The molecule has 1 atom stereocenters. The van der Waals surface area contributed by atoms with Crippen LogP contribution in [0.3, 0.4) is 0 Å². The highest BCUT2D eigenvalue weighted by Crippen LogP contribution is 2.41. The number of carbonyl (C=O) groups is 1. The Morgan fingerprint density at radius 1 is 1.17 bits per heavy atom. The van der Waals surface area contributed by atoms with Crippen molar-refractivity contribution < 1.29 is 4.79 Å². The van der Waals surface area contributed by atoms with Crippen molar-refractivity contribution in [2.24, 2.45) is 0 Å². The van der Waals surface area contributed by atoms with Crippen molar-refractivity contribution >= 4 is 5.91 Å². The molecule has 0 bridgehead atoms. The van der Waals surface area contributed by atoms with Crippen LogP contribution in [0.1, 0.15) is 43.4 Å². The van der Waals surface area contributed by atoms with Gasteiger partial charge in [0.2, 0.25) is 5.91 Å². The van der Waals surface area contributed by atoms with Gasteiger partial charge < -0.3 is 10.6 Å². The summed E-state index contributed by atoms with van der Waals surface area (Å²) in [5, 5.41) is 6.52. The minimum Gasteiger partial charge on any atom is -0.345 e. The highest BCUT2D eigenvalue weighted by molar-refractivity contribution is 5.79. The van der Waals surface area contributed by atoms with Crippen LogP contribution in [0.15, 0.2) is 54.9 Å². The van der Waals surface area contributed by atoms with Crippen LogP contribution in [0.4, 0.5) is 0 Å². The lowest BCUT2D eigenvalue weighted by atomic mass is 9.72. The van der Waals surface area contributed by atoms with E-state index in [-0.39, 0.29) is 17.5 Å². The average Bonchev–Trinajstić information content (AvgIpc) is 2.57. The van der Waals surface area contributed by atoms with Gasteiger partial charge in [0, 0.05) is 18.4 Å². The molecule has 1 saturated carbocycles. The number of benzene rings is 1. The molecule has 23 heavy (non-hydrogen) atoms. The molecule has 1 aliphatic carbocycles. The summed E-state index contributed by atoms with van der Waals surface area (Å²) in [7, 11) is 0. The maximum absolute atomic E-state index is 12.4. The van der Waals surface area contributed by atoms with Crippen LogP contribution in [0.25, 0.3) is 0 Å². The molecule has 0 saturated heterocycles. The van der Waals surface area contributed by atoms with Gasteiger partial charge in [0.25, 0.3) is 0 Å². The lowest BCUT2D eigenvalue weighted by Crippen LogP contribution is -2.53. The Bertz CT molecular complexity index is 638. The number of rotatable bonds is 6. The van der Waals surface area contributed by atoms with E-state index in [0.29, 0.717) is 6.54 Å². The van der Waals surface area contributed by atoms with Gasteiger partial charge in [-0.25, -0.2) is 0 Å². The SMILES string of the molecule is C[C@@H](NCC(=O)NC1(c2ccccc2)CCC1)c1ccncc1. The van der Waals surface area contributed by atoms with E-state index in [1.54, 1.807) is 12.4 Å². The van der Waals surface area contributed by atoms with Crippen LogP contribution in [-0.2, 0) is 10.3 Å². The average molecular weight is 309 g/mol. The maximum atomic E-state index is 12.4. The van der Waals surface area contributed by atoms with E-state index in [1.807, 2.05) is 30.3 Å². The quantitative estimate of drug-likeness (QED) is 0.862.